The summed E-state index contributed by atoms with van der Waals surface area (Å²) in [5.74, 6) is -1.11. The van der Waals surface area contributed by atoms with Crippen molar-refractivity contribution in [1.82, 2.24) is 14.6 Å². The molecule has 140 valence electrons. The molecule has 9 heteroatoms. The lowest BCUT2D eigenvalue weighted by atomic mass is 10.1. The van der Waals surface area contributed by atoms with Crippen LogP contribution in [0.4, 0.5) is 5.69 Å². The van der Waals surface area contributed by atoms with Crippen molar-refractivity contribution in [3.8, 4) is 6.07 Å². The molecule has 0 aliphatic heterocycles. The van der Waals surface area contributed by atoms with Crippen molar-refractivity contribution in [1.29, 1.82) is 5.26 Å². The van der Waals surface area contributed by atoms with E-state index >= 15 is 0 Å². The second-order valence-electron chi connectivity index (χ2n) is 5.51. The van der Waals surface area contributed by atoms with E-state index in [-0.39, 0.29) is 34.8 Å². The topological polar surface area (TPSA) is 133 Å². The fraction of sp³-hybridized carbons (Fsp3) is 0.105. The van der Waals surface area contributed by atoms with Crippen LogP contribution in [0.5, 0.6) is 0 Å². The number of aromatic nitrogens is 3. The molecule has 0 unspecified atom stereocenters. The first-order valence-electron chi connectivity index (χ1n) is 8.26. The zero-order valence-corrected chi connectivity index (χ0v) is 14.8. The molecule has 3 rings (SSSR count). The summed E-state index contributed by atoms with van der Waals surface area (Å²) in [6.45, 7) is 1.74. The molecule has 0 spiro atoms. The first-order chi connectivity index (χ1) is 13.6. The van der Waals surface area contributed by atoms with Crippen molar-refractivity contribution in [2.45, 2.75) is 6.92 Å². The summed E-state index contributed by atoms with van der Waals surface area (Å²) in [6, 6.07) is 10.3. The quantitative estimate of drug-likeness (QED) is 0.303. The van der Waals surface area contributed by atoms with Gasteiger partial charge in [0.15, 0.2) is 5.65 Å². The molecule has 3 aromatic rings. The largest absolute Gasteiger partial charge is 0.506 e. The highest BCUT2D eigenvalue weighted by Gasteiger charge is 2.17. The highest BCUT2D eigenvalue weighted by atomic mass is 16.5. The maximum Gasteiger partial charge on any atom is 0.343 e. The molecular weight excluding hydrogens is 362 g/mol. The van der Waals surface area contributed by atoms with Gasteiger partial charge < -0.3 is 9.84 Å². The second kappa shape index (κ2) is 8.01. The van der Waals surface area contributed by atoms with E-state index in [1.165, 1.54) is 12.4 Å². The third-order valence-corrected chi connectivity index (χ3v) is 3.77. The highest BCUT2D eigenvalue weighted by Crippen LogP contribution is 2.17. The van der Waals surface area contributed by atoms with E-state index < -0.39 is 11.5 Å². The highest BCUT2D eigenvalue weighted by molar-refractivity contribution is 6.15. The molecule has 0 saturated heterocycles. The van der Waals surface area contributed by atoms with Crippen molar-refractivity contribution in [2.75, 3.05) is 6.61 Å². The van der Waals surface area contributed by atoms with Crippen molar-refractivity contribution in [3.63, 3.8) is 0 Å². The van der Waals surface area contributed by atoms with Crippen LogP contribution >= 0.6 is 0 Å². The summed E-state index contributed by atoms with van der Waals surface area (Å²) >= 11 is 0. The minimum absolute atomic E-state index is 0.0912. The predicted octanol–water partition coefficient (Wildman–Crippen LogP) is 2.13. The Hall–Kier alpha value is -4.19. The first-order valence-corrected chi connectivity index (χ1v) is 8.26. The monoisotopic (exact) mass is 377 g/mol. The zero-order chi connectivity index (χ0) is 20.1. The van der Waals surface area contributed by atoms with Gasteiger partial charge in [-0.3, -0.25) is 9.89 Å². The van der Waals surface area contributed by atoms with Crippen LogP contribution in [0.1, 0.15) is 18.1 Å². The van der Waals surface area contributed by atoms with E-state index in [0.29, 0.717) is 5.56 Å². The maximum atomic E-state index is 12.5. The lowest BCUT2D eigenvalue weighted by Gasteiger charge is -2.06. The van der Waals surface area contributed by atoms with Crippen LogP contribution in [-0.2, 0) is 9.53 Å². The number of H-pyrrole nitrogens is 1. The number of aromatic amines is 1. The Morgan fingerprint density at radius 2 is 2.18 bits per heavy atom. The normalized spacial score (nSPS) is 12.0. The number of nitrogens with one attached hydrogen (secondary N) is 1. The number of hydrogen-bond acceptors (Lipinski definition) is 7. The molecule has 0 amide bonds. The molecule has 0 aliphatic rings. The van der Waals surface area contributed by atoms with Gasteiger partial charge in [-0.2, -0.15) is 9.78 Å². The van der Waals surface area contributed by atoms with Gasteiger partial charge in [0.25, 0.3) is 5.56 Å². The Labute approximate surface area is 158 Å². The molecule has 2 heterocycles. The number of esters is 1. The molecule has 2 aromatic heterocycles. The number of hydrogen-bond donors (Lipinski definition) is 2. The third kappa shape index (κ3) is 3.52. The van der Waals surface area contributed by atoms with Gasteiger partial charge >= 0.3 is 5.97 Å². The van der Waals surface area contributed by atoms with Crippen LogP contribution in [0.25, 0.3) is 11.4 Å². The van der Waals surface area contributed by atoms with Gasteiger partial charge in [-0.15, -0.1) is 0 Å². The summed E-state index contributed by atoms with van der Waals surface area (Å²) < 4.78 is 6.03. The first kappa shape index (κ1) is 18.6. The standard InChI is InChI=1S/C19H15N5O4/c1-2-28-19(27)14(16(25)12-6-4-3-5-7-12)10-21-15-11-22-17-13(8-20)9-23-24(17)18(15)26/h3-7,9-11,23,25H,2H2,1H3/b16-14+,21-10?. The summed E-state index contributed by atoms with van der Waals surface area (Å²) in [7, 11) is 0. The van der Waals surface area contributed by atoms with Gasteiger partial charge in [-0.05, 0) is 6.92 Å². The molecule has 0 radical (unpaired) electrons. The summed E-state index contributed by atoms with van der Waals surface area (Å²) in [5, 5.41) is 22.1. The maximum absolute atomic E-state index is 12.5. The Kier molecular flexibility index (Phi) is 5.32. The van der Waals surface area contributed by atoms with E-state index in [1.807, 2.05) is 6.07 Å². The van der Waals surface area contributed by atoms with E-state index in [0.717, 1.165) is 10.7 Å². The van der Waals surface area contributed by atoms with Crippen LogP contribution < -0.4 is 5.56 Å². The van der Waals surface area contributed by atoms with Crippen molar-refractivity contribution >= 4 is 29.3 Å². The molecule has 0 bridgehead atoms. The van der Waals surface area contributed by atoms with Gasteiger partial charge in [0, 0.05) is 18.0 Å². The number of rotatable bonds is 5. The van der Waals surface area contributed by atoms with Gasteiger partial charge in [0.2, 0.25) is 0 Å². The average Bonchev–Trinajstić information content (AvgIpc) is 3.14. The van der Waals surface area contributed by atoms with Crippen molar-refractivity contribution in [3.05, 3.63) is 69.8 Å². The van der Waals surface area contributed by atoms with E-state index in [4.69, 9.17) is 10.00 Å². The fourth-order valence-electron chi connectivity index (χ4n) is 2.43. The number of nitrogens with zero attached hydrogens (tertiary/aromatic N) is 4. The molecule has 0 aliphatic carbocycles. The van der Waals surface area contributed by atoms with E-state index in [1.54, 1.807) is 37.3 Å². The van der Waals surface area contributed by atoms with Crippen LogP contribution in [0.15, 0.2) is 58.1 Å². The lowest BCUT2D eigenvalue weighted by molar-refractivity contribution is -0.137. The Morgan fingerprint density at radius 1 is 1.43 bits per heavy atom. The smallest absolute Gasteiger partial charge is 0.343 e. The van der Waals surface area contributed by atoms with Crippen LogP contribution in [0, 0.1) is 11.3 Å². The summed E-state index contributed by atoms with van der Waals surface area (Å²) in [6.07, 6.45) is 3.59. The van der Waals surface area contributed by atoms with Crippen LogP contribution in [0.3, 0.4) is 0 Å². The summed E-state index contributed by atoms with van der Waals surface area (Å²) in [5.41, 5.74) is -0.0926. The average molecular weight is 377 g/mol. The number of carbonyl (C=O) groups is 1. The minimum atomic E-state index is -0.784. The number of aliphatic imine (C=N–C) groups is 1. The number of aliphatic hydroxyl groups excluding tert-OH is 1. The fourth-order valence-corrected chi connectivity index (χ4v) is 2.43. The lowest BCUT2D eigenvalue weighted by Crippen LogP contribution is -2.15. The molecule has 9 nitrogen and oxygen atoms in total. The number of aliphatic hydroxyl groups is 1. The molecule has 0 saturated carbocycles. The Balaban J connectivity index is 2.06. The van der Waals surface area contributed by atoms with Crippen LogP contribution in [-0.4, -0.2) is 38.5 Å². The number of nitriles is 1. The SMILES string of the molecule is CCOC(=O)/C(C=Nc1cnc2c(C#N)c[nH]n2c1=O)=C(/O)c1ccccc1. The Morgan fingerprint density at radius 3 is 2.86 bits per heavy atom. The zero-order valence-electron chi connectivity index (χ0n) is 14.8. The Bertz CT molecular complexity index is 1180. The predicted molar refractivity (Wildman–Crippen MR) is 101 cm³/mol. The van der Waals surface area contributed by atoms with Gasteiger partial charge in [0.05, 0.1) is 12.8 Å². The summed E-state index contributed by atoms with van der Waals surface area (Å²) in [4.78, 5) is 32.8. The minimum Gasteiger partial charge on any atom is -0.506 e. The molecule has 1 aromatic carbocycles. The van der Waals surface area contributed by atoms with Gasteiger partial charge in [-0.1, -0.05) is 30.3 Å². The number of fused-ring (bicyclic) bond motifs is 1. The second-order valence-corrected chi connectivity index (χ2v) is 5.51. The third-order valence-electron chi connectivity index (χ3n) is 3.77. The number of ether oxygens (including phenoxy) is 1. The molecular formula is C19H15N5O4. The number of benzene rings is 1. The molecule has 2 N–H and O–H groups in total. The molecule has 28 heavy (non-hydrogen) atoms. The van der Waals surface area contributed by atoms with Crippen molar-refractivity contribution in [2.24, 2.45) is 4.99 Å². The van der Waals surface area contributed by atoms with Crippen LogP contribution in [0.2, 0.25) is 0 Å². The number of carbonyl (C=O) groups excluding carboxylic acids is 1. The van der Waals surface area contributed by atoms with E-state index in [9.17, 15) is 14.7 Å². The van der Waals surface area contributed by atoms with E-state index in [2.05, 4.69) is 15.1 Å². The van der Waals surface area contributed by atoms with Gasteiger partial charge in [0.1, 0.15) is 28.7 Å². The molecule has 0 atom stereocenters. The van der Waals surface area contributed by atoms with Gasteiger partial charge in [-0.25, -0.2) is 14.8 Å². The van der Waals surface area contributed by atoms with Crippen molar-refractivity contribution < 1.29 is 14.6 Å². The molecule has 0 fully saturated rings.